The Morgan fingerprint density at radius 3 is 2.34 bits per heavy atom. The van der Waals surface area contributed by atoms with E-state index in [1.807, 2.05) is 6.26 Å². The minimum absolute atomic E-state index is 0.0485. The number of hydrogen-bond donors (Lipinski definition) is 1. The fourth-order valence-electron chi connectivity index (χ4n) is 2.45. The van der Waals surface area contributed by atoms with Crippen molar-refractivity contribution in [2.45, 2.75) is 10.9 Å². The molecular formula is C18H17FN4O3S3. The van der Waals surface area contributed by atoms with Crippen molar-refractivity contribution in [1.29, 1.82) is 0 Å². The zero-order valence-corrected chi connectivity index (χ0v) is 17.9. The summed E-state index contributed by atoms with van der Waals surface area (Å²) in [4.78, 5) is 12.4. The van der Waals surface area contributed by atoms with Gasteiger partial charge in [-0.05, 0) is 48.2 Å². The maximum Gasteiger partial charge on any atom is 0.257 e. The van der Waals surface area contributed by atoms with Crippen LogP contribution in [0, 0.1) is 5.82 Å². The summed E-state index contributed by atoms with van der Waals surface area (Å²) in [6.07, 6.45) is 2.96. The fraction of sp³-hybridized carbons (Fsp3) is 0.167. The van der Waals surface area contributed by atoms with Gasteiger partial charge in [0, 0.05) is 5.56 Å². The predicted octanol–water partition coefficient (Wildman–Crippen LogP) is 3.62. The molecule has 1 N–H and O–H groups in total. The van der Waals surface area contributed by atoms with Gasteiger partial charge in [0.1, 0.15) is 5.82 Å². The topological polar surface area (TPSA) is 92.3 Å². The fourth-order valence-corrected chi connectivity index (χ4v) is 4.50. The van der Waals surface area contributed by atoms with Crippen LogP contribution < -0.4 is 9.62 Å². The minimum atomic E-state index is -3.59. The number of carbonyl (C=O) groups is 1. The van der Waals surface area contributed by atoms with Gasteiger partial charge in [0.2, 0.25) is 15.2 Å². The molecule has 7 nitrogen and oxygen atoms in total. The first-order chi connectivity index (χ1) is 13.8. The summed E-state index contributed by atoms with van der Waals surface area (Å²) in [5.74, 6) is -0.764. The van der Waals surface area contributed by atoms with Gasteiger partial charge in [0.05, 0.1) is 18.5 Å². The lowest BCUT2D eigenvalue weighted by Crippen LogP contribution is -2.29. The number of sulfonamides is 1. The molecule has 0 aliphatic carbocycles. The number of carbonyl (C=O) groups excluding carboxylic acids is 1. The molecule has 0 saturated heterocycles. The third kappa shape index (κ3) is 5.52. The lowest BCUT2D eigenvalue weighted by atomic mass is 10.2. The van der Waals surface area contributed by atoms with Gasteiger partial charge in [-0.1, -0.05) is 35.2 Å². The highest BCUT2D eigenvalue weighted by atomic mass is 32.2. The first-order valence-electron chi connectivity index (χ1n) is 8.27. The molecule has 3 aromatic rings. The third-order valence-electron chi connectivity index (χ3n) is 3.86. The van der Waals surface area contributed by atoms with Crippen LogP contribution in [0.25, 0.3) is 0 Å². The second kappa shape index (κ2) is 8.89. The van der Waals surface area contributed by atoms with Gasteiger partial charge in [0.25, 0.3) is 5.91 Å². The molecule has 2 aromatic carbocycles. The molecular weight excluding hydrogens is 435 g/mol. The second-order valence-electron chi connectivity index (χ2n) is 5.97. The molecule has 0 atom stereocenters. The van der Waals surface area contributed by atoms with E-state index in [2.05, 4.69) is 15.5 Å². The minimum Gasteiger partial charge on any atom is -0.296 e. The van der Waals surface area contributed by atoms with Crippen molar-refractivity contribution in [2.24, 2.45) is 0 Å². The van der Waals surface area contributed by atoms with Gasteiger partial charge < -0.3 is 0 Å². The van der Waals surface area contributed by atoms with Crippen molar-refractivity contribution < 1.29 is 17.6 Å². The quantitative estimate of drug-likeness (QED) is 0.435. The van der Waals surface area contributed by atoms with Gasteiger partial charge in [-0.25, -0.2) is 12.8 Å². The molecule has 29 heavy (non-hydrogen) atoms. The van der Waals surface area contributed by atoms with Crippen molar-refractivity contribution in [1.82, 2.24) is 10.2 Å². The summed E-state index contributed by atoms with van der Waals surface area (Å²) in [7, 11) is -3.59. The van der Waals surface area contributed by atoms with E-state index < -0.39 is 15.8 Å². The summed E-state index contributed by atoms with van der Waals surface area (Å²) in [6, 6.07) is 11.8. The summed E-state index contributed by atoms with van der Waals surface area (Å²) in [6.45, 7) is 0.0485. The van der Waals surface area contributed by atoms with E-state index in [1.165, 1.54) is 63.8 Å². The molecule has 0 aliphatic heterocycles. The highest BCUT2D eigenvalue weighted by Crippen LogP contribution is 2.25. The normalized spacial score (nSPS) is 11.3. The largest absolute Gasteiger partial charge is 0.296 e. The number of amides is 1. The number of benzene rings is 2. The van der Waals surface area contributed by atoms with Gasteiger partial charge in [0.15, 0.2) is 4.34 Å². The van der Waals surface area contributed by atoms with E-state index in [1.54, 1.807) is 12.1 Å². The number of nitrogens with zero attached hydrogens (tertiary/aromatic N) is 3. The SMILES string of the molecule is CSc1nnc(NC(=O)c2ccc(N(Cc3ccc(F)cc3)S(C)(=O)=O)cc2)s1. The van der Waals surface area contributed by atoms with Crippen LogP contribution >= 0.6 is 23.1 Å². The molecule has 0 aliphatic rings. The van der Waals surface area contributed by atoms with Crippen molar-refractivity contribution in [3.63, 3.8) is 0 Å². The monoisotopic (exact) mass is 452 g/mol. The van der Waals surface area contributed by atoms with Crippen molar-refractivity contribution in [3.8, 4) is 0 Å². The Labute approximate surface area is 176 Å². The van der Waals surface area contributed by atoms with Crippen molar-refractivity contribution >= 4 is 49.8 Å². The first kappa shape index (κ1) is 21.2. The molecule has 0 fully saturated rings. The zero-order valence-electron chi connectivity index (χ0n) is 15.5. The summed E-state index contributed by atoms with van der Waals surface area (Å²) >= 11 is 2.70. The highest BCUT2D eigenvalue weighted by molar-refractivity contribution is 8.00. The molecule has 0 bridgehead atoms. The van der Waals surface area contributed by atoms with E-state index in [0.717, 1.165) is 10.6 Å². The molecule has 1 heterocycles. The number of hydrogen-bond acceptors (Lipinski definition) is 7. The number of halogens is 1. The number of anilines is 2. The number of aromatic nitrogens is 2. The number of rotatable bonds is 7. The van der Waals surface area contributed by atoms with E-state index >= 15 is 0 Å². The maximum atomic E-state index is 13.1. The van der Waals surface area contributed by atoms with E-state index in [4.69, 9.17) is 0 Å². The Kier molecular flexibility index (Phi) is 6.50. The Hall–Kier alpha value is -2.50. The van der Waals surface area contributed by atoms with Crippen LogP contribution in [0.1, 0.15) is 15.9 Å². The number of thioether (sulfide) groups is 1. The Bertz CT molecular complexity index is 1100. The van der Waals surface area contributed by atoms with E-state index in [-0.39, 0.29) is 12.5 Å². The van der Waals surface area contributed by atoms with Crippen LogP contribution in [0.2, 0.25) is 0 Å². The van der Waals surface area contributed by atoms with Gasteiger partial charge in [-0.3, -0.25) is 14.4 Å². The Morgan fingerprint density at radius 2 is 1.79 bits per heavy atom. The van der Waals surface area contributed by atoms with Crippen LogP contribution in [0.4, 0.5) is 15.2 Å². The molecule has 0 spiro atoms. The van der Waals surface area contributed by atoms with Crippen LogP contribution in [-0.4, -0.2) is 37.0 Å². The highest BCUT2D eigenvalue weighted by Gasteiger charge is 2.19. The average molecular weight is 453 g/mol. The lowest BCUT2D eigenvalue weighted by molar-refractivity contribution is 0.102. The van der Waals surface area contributed by atoms with Gasteiger partial charge >= 0.3 is 0 Å². The standard InChI is InChI=1S/C18H17FN4O3S3/c1-27-18-22-21-17(28-18)20-16(24)13-5-9-15(10-6-13)23(29(2,25)26)11-12-3-7-14(19)8-4-12/h3-10H,11H2,1-2H3,(H,20,21,24). The third-order valence-corrected chi connectivity index (χ3v) is 6.81. The van der Waals surface area contributed by atoms with E-state index in [0.29, 0.717) is 21.9 Å². The van der Waals surface area contributed by atoms with E-state index in [9.17, 15) is 17.6 Å². The zero-order chi connectivity index (χ0) is 21.0. The van der Waals surface area contributed by atoms with Crippen LogP contribution in [0.15, 0.2) is 52.9 Å². The molecule has 1 aromatic heterocycles. The van der Waals surface area contributed by atoms with Crippen molar-refractivity contribution in [3.05, 3.63) is 65.5 Å². The smallest absolute Gasteiger partial charge is 0.257 e. The molecule has 0 unspecified atom stereocenters. The molecule has 0 radical (unpaired) electrons. The maximum absolute atomic E-state index is 13.1. The Morgan fingerprint density at radius 1 is 1.14 bits per heavy atom. The summed E-state index contributed by atoms with van der Waals surface area (Å²) in [5.41, 5.74) is 1.39. The van der Waals surface area contributed by atoms with Crippen LogP contribution in [0.3, 0.4) is 0 Å². The molecule has 1 amide bonds. The Balaban J connectivity index is 1.78. The summed E-state index contributed by atoms with van der Waals surface area (Å²) in [5, 5.41) is 10.8. The predicted molar refractivity (Wildman–Crippen MR) is 114 cm³/mol. The lowest BCUT2D eigenvalue weighted by Gasteiger charge is -2.22. The van der Waals surface area contributed by atoms with Crippen LogP contribution in [0.5, 0.6) is 0 Å². The first-order valence-corrected chi connectivity index (χ1v) is 12.2. The average Bonchev–Trinajstić information content (AvgIpc) is 3.14. The molecule has 152 valence electrons. The molecule has 0 saturated carbocycles. The summed E-state index contributed by atoms with van der Waals surface area (Å²) < 4.78 is 39.5. The van der Waals surface area contributed by atoms with Gasteiger partial charge in [-0.15, -0.1) is 10.2 Å². The van der Waals surface area contributed by atoms with Gasteiger partial charge in [-0.2, -0.15) is 0 Å². The van der Waals surface area contributed by atoms with Crippen molar-refractivity contribution in [2.75, 3.05) is 22.1 Å². The van der Waals surface area contributed by atoms with Crippen LogP contribution in [-0.2, 0) is 16.6 Å². The molecule has 3 rings (SSSR count). The molecule has 11 heteroatoms. The number of nitrogens with one attached hydrogen (secondary N) is 1. The second-order valence-corrected chi connectivity index (χ2v) is 9.91.